The van der Waals surface area contributed by atoms with E-state index in [0.29, 0.717) is 44.3 Å². The van der Waals surface area contributed by atoms with E-state index < -0.39 is 10.0 Å². The molecule has 150 valence electrons. The molecule has 0 spiro atoms. The maximum Gasteiger partial charge on any atom is 0.243 e. The third kappa shape index (κ3) is 4.52. The molecule has 2 fully saturated rings. The lowest BCUT2D eigenvalue weighted by molar-refractivity contribution is -0.139. The fourth-order valence-electron chi connectivity index (χ4n) is 3.63. The van der Waals surface area contributed by atoms with Crippen LogP contribution in [0.3, 0.4) is 0 Å². The Morgan fingerprint density at radius 1 is 1.00 bits per heavy atom. The zero-order valence-electron chi connectivity index (χ0n) is 16.5. The van der Waals surface area contributed by atoms with E-state index in [0.717, 1.165) is 18.4 Å². The van der Waals surface area contributed by atoms with Gasteiger partial charge in [-0.2, -0.15) is 4.31 Å². The Balaban J connectivity index is 1.63. The Kier molecular flexibility index (Phi) is 5.93. The van der Waals surface area contributed by atoms with Crippen molar-refractivity contribution in [2.45, 2.75) is 43.9 Å². The molecule has 0 aromatic heterocycles. The minimum absolute atomic E-state index is 0.0154. The molecule has 27 heavy (non-hydrogen) atoms. The quantitative estimate of drug-likeness (QED) is 0.789. The lowest BCUT2D eigenvalue weighted by atomic mass is 9.87. The summed E-state index contributed by atoms with van der Waals surface area (Å²) in [6.07, 6.45) is 1.52. The number of benzene rings is 1. The summed E-state index contributed by atoms with van der Waals surface area (Å²) in [4.78, 5) is 14.7. The van der Waals surface area contributed by atoms with Gasteiger partial charge in [0, 0.05) is 45.3 Å². The second-order valence-corrected chi connectivity index (χ2v) is 10.3. The van der Waals surface area contributed by atoms with Gasteiger partial charge < -0.3 is 9.64 Å². The highest BCUT2D eigenvalue weighted by molar-refractivity contribution is 7.89. The van der Waals surface area contributed by atoms with Crippen molar-refractivity contribution in [2.75, 3.05) is 39.4 Å². The first-order valence-electron chi connectivity index (χ1n) is 9.67. The van der Waals surface area contributed by atoms with Crippen LogP contribution in [0, 0.1) is 5.92 Å². The molecule has 2 saturated heterocycles. The van der Waals surface area contributed by atoms with Crippen molar-refractivity contribution in [1.29, 1.82) is 0 Å². The van der Waals surface area contributed by atoms with Crippen molar-refractivity contribution in [2.24, 2.45) is 5.92 Å². The highest BCUT2D eigenvalue weighted by atomic mass is 32.2. The number of nitrogens with zero attached hydrogens (tertiary/aromatic N) is 2. The summed E-state index contributed by atoms with van der Waals surface area (Å²) in [5.41, 5.74) is 1.09. The molecule has 3 rings (SSSR count). The van der Waals surface area contributed by atoms with E-state index in [9.17, 15) is 13.2 Å². The van der Waals surface area contributed by atoms with Gasteiger partial charge in [-0.05, 0) is 36.0 Å². The molecule has 0 N–H and O–H groups in total. The van der Waals surface area contributed by atoms with Crippen LogP contribution in [0.4, 0.5) is 0 Å². The first kappa shape index (κ1) is 20.3. The van der Waals surface area contributed by atoms with Crippen molar-refractivity contribution in [3.8, 4) is 0 Å². The lowest BCUT2D eigenvalue weighted by Gasteiger charge is -2.36. The first-order valence-corrected chi connectivity index (χ1v) is 11.1. The van der Waals surface area contributed by atoms with Gasteiger partial charge in [-0.25, -0.2) is 8.42 Å². The number of hydrogen-bond acceptors (Lipinski definition) is 4. The summed E-state index contributed by atoms with van der Waals surface area (Å²) in [7, 11) is -3.52. The second-order valence-electron chi connectivity index (χ2n) is 8.39. The number of ether oxygens (including phenoxy) is 1. The largest absolute Gasteiger partial charge is 0.381 e. The molecule has 2 aliphatic heterocycles. The Hall–Kier alpha value is -1.44. The lowest BCUT2D eigenvalue weighted by Crippen LogP contribution is -2.52. The number of amides is 1. The Labute approximate surface area is 162 Å². The Bertz CT molecular complexity index is 754. The van der Waals surface area contributed by atoms with Gasteiger partial charge in [0.05, 0.1) is 4.90 Å². The van der Waals surface area contributed by atoms with Crippen LogP contribution in [0.1, 0.15) is 39.2 Å². The molecule has 0 bridgehead atoms. The molecule has 0 radical (unpaired) electrons. The molecule has 0 unspecified atom stereocenters. The van der Waals surface area contributed by atoms with Gasteiger partial charge in [0.25, 0.3) is 0 Å². The Morgan fingerprint density at radius 2 is 1.56 bits per heavy atom. The summed E-state index contributed by atoms with van der Waals surface area (Å²) in [5, 5.41) is 0. The van der Waals surface area contributed by atoms with E-state index in [2.05, 4.69) is 20.8 Å². The minimum Gasteiger partial charge on any atom is -0.381 e. The first-order chi connectivity index (χ1) is 12.7. The van der Waals surface area contributed by atoms with E-state index in [-0.39, 0.29) is 17.2 Å². The number of carbonyl (C=O) groups is 1. The molecule has 1 aromatic carbocycles. The fourth-order valence-corrected chi connectivity index (χ4v) is 5.05. The molecule has 6 nitrogen and oxygen atoms in total. The van der Waals surface area contributed by atoms with Crippen LogP contribution in [0.25, 0.3) is 0 Å². The average Bonchev–Trinajstić information content (AvgIpc) is 2.67. The van der Waals surface area contributed by atoms with Crippen LogP contribution in [0.5, 0.6) is 0 Å². The summed E-state index contributed by atoms with van der Waals surface area (Å²) >= 11 is 0. The molecular formula is C20H30N2O4S. The van der Waals surface area contributed by atoms with Crippen LogP contribution >= 0.6 is 0 Å². The molecule has 0 atom stereocenters. The van der Waals surface area contributed by atoms with Gasteiger partial charge in [-0.15, -0.1) is 0 Å². The Morgan fingerprint density at radius 3 is 2.07 bits per heavy atom. The molecule has 1 aromatic rings. The molecule has 7 heteroatoms. The minimum atomic E-state index is -3.52. The number of sulfonamides is 1. The average molecular weight is 395 g/mol. The van der Waals surface area contributed by atoms with Crippen LogP contribution in [-0.2, 0) is 25.0 Å². The summed E-state index contributed by atoms with van der Waals surface area (Å²) in [6, 6.07) is 7.15. The third-order valence-electron chi connectivity index (χ3n) is 5.48. The molecule has 2 aliphatic rings. The van der Waals surface area contributed by atoms with E-state index >= 15 is 0 Å². The smallest absolute Gasteiger partial charge is 0.243 e. The SMILES string of the molecule is CC(C)(C)c1ccc(S(=O)(=O)N2CCN(C(=O)C3CCOCC3)CC2)cc1. The van der Waals surface area contributed by atoms with E-state index in [1.807, 2.05) is 17.0 Å². The number of hydrogen-bond donors (Lipinski definition) is 0. The molecule has 0 aliphatic carbocycles. The maximum absolute atomic E-state index is 12.9. The van der Waals surface area contributed by atoms with Gasteiger partial charge >= 0.3 is 0 Å². The summed E-state index contributed by atoms with van der Waals surface area (Å²) in [6.45, 7) is 9.17. The van der Waals surface area contributed by atoms with E-state index in [1.165, 1.54) is 4.31 Å². The van der Waals surface area contributed by atoms with E-state index in [4.69, 9.17) is 4.74 Å². The van der Waals surface area contributed by atoms with Gasteiger partial charge in [-0.1, -0.05) is 32.9 Å². The van der Waals surface area contributed by atoms with Gasteiger partial charge in [0.1, 0.15) is 0 Å². The normalized spacial score (nSPS) is 20.6. The van der Waals surface area contributed by atoms with Crippen molar-refractivity contribution >= 4 is 15.9 Å². The predicted molar refractivity (Wildman–Crippen MR) is 104 cm³/mol. The van der Waals surface area contributed by atoms with E-state index in [1.54, 1.807) is 12.1 Å². The van der Waals surface area contributed by atoms with Crippen LogP contribution in [0.15, 0.2) is 29.2 Å². The predicted octanol–water partition coefficient (Wildman–Crippen LogP) is 2.24. The summed E-state index contributed by atoms with van der Waals surface area (Å²) < 4.78 is 32.7. The van der Waals surface area contributed by atoms with Gasteiger partial charge in [0.15, 0.2) is 0 Å². The van der Waals surface area contributed by atoms with Crippen molar-refractivity contribution in [3.05, 3.63) is 29.8 Å². The van der Waals surface area contributed by atoms with Crippen LogP contribution < -0.4 is 0 Å². The van der Waals surface area contributed by atoms with Crippen molar-refractivity contribution < 1.29 is 17.9 Å². The topological polar surface area (TPSA) is 66.9 Å². The number of rotatable bonds is 3. The standard InChI is InChI=1S/C20H30N2O4S/c1-20(2,3)17-4-6-18(7-5-17)27(24,25)22-12-10-21(11-13-22)19(23)16-8-14-26-15-9-16/h4-7,16H,8-15H2,1-3H3. The number of piperazine rings is 1. The summed E-state index contributed by atoms with van der Waals surface area (Å²) in [5.74, 6) is 0.164. The highest BCUT2D eigenvalue weighted by Crippen LogP contribution is 2.25. The van der Waals surface area contributed by atoms with Crippen molar-refractivity contribution in [3.63, 3.8) is 0 Å². The molecular weight excluding hydrogens is 364 g/mol. The maximum atomic E-state index is 12.9. The zero-order valence-corrected chi connectivity index (χ0v) is 17.3. The molecule has 1 amide bonds. The highest BCUT2D eigenvalue weighted by Gasteiger charge is 2.33. The van der Waals surface area contributed by atoms with Crippen LogP contribution in [0.2, 0.25) is 0 Å². The van der Waals surface area contributed by atoms with Gasteiger partial charge in [0.2, 0.25) is 15.9 Å². The molecule has 0 saturated carbocycles. The third-order valence-corrected chi connectivity index (χ3v) is 7.39. The zero-order chi connectivity index (χ0) is 19.7. The fraction of sp³-hybridized carbons (Fsp3) is 0.650. The second kappa shape index (κ2) is 7.89. The van der Waals surface area contributed by atoms with Crippen LogP contribution in [-0.4, -0.2) is 62.9 Å². The monoisotopic (exact) mass is 394 g/mol. The van der Waals surface area contributed by atoms with Gasteiger partial charge in [-0.3, -0.25) is 4.79 Å². The van der Waals surface area contributed by atoms with Crippen molar-refractivity contribution in [1.82, 2.24) is 9.21 Å². The number of carbonyl (C=O) groups excluding carboxylic acids is 1. The molecule has 2 heterocycles.